The van der Waals surface area contributed by atoms with Crippen LogP contribution in [0.1, 0.15) is 45.1 Å². The first-order valence-corrected chi connectivity index (χ1v) is 10.8. The molecule has 1 aromatic rings. The number of halogens is 1. The molecule has 0 radical (unpaired) electrons. The lowest BCUT2D eigenvalue weighted by molar-refractivity contribution is 0.104. The Balaban J connectivity index is 0.00000300. The van der Waals surface area contributed by atoms with Gasteiger partial charge in [0.2, 0.25) is 0 Å². The minimum absolute atomic E-state index is 0. The molecule has 1 saturated carbocycles. The van der Waals surface area contributed by atoms with E-state index in [1.807, 2.05) is 19.3 Å². The molecule has 1 saturated heterocycles. The number of aromatic nitrogens is 1. The first-order valence-electron chi connectivity index (χ1n) is 10.8. The van der Waals surface area contributed by atoms with Crippen LogP contribution >= 0.6 is 24.0 Å². The lowest BCUT2D eigenvalue weighted by Gasteiger charge is -2.43. The fourth-order valence-corrected chi connectivity index (χ4v) is 4.54. The van der Waals surface area contributed by atoms with E-state index >= 15 is 0 Å². The summed E-state index contributed by atoms with van der Waals surface area (Å²) < 4.78 is 0. The molecule has 164 valence electrons. The smallest absolute Gasteiger partial charge is 0.191 e. The second kappa shape index (κ2) is 11.3. The molecule has 0 bridgehead atoms. The number of anilines is 1. The van der Waals surface area contributed by atoms with E-state index in [9.17, 15) is 0 Å². The van der Waals surface area contributed by atoms with Gasteiger partial charge in [0, 0.05) is 58.1 Å². The number of likely N-dealkylation sites (N-methyl/N-ethyl adjacent to an activating group) is 1. The van der Waals surface area contributed by atoms with E-state index in [0.29, 0.717) is 5.41 Å². The van der Waals surface area contributed by atoms with Crippen LogP contribution in [0, 0.1) is 11.3 Å². The Labute approximate surface area is 194 Å². The summed E-state index contributed by atoms with van der Waals surface area (Å²) in [6.07, 6.45) is 7.24. The van der Waals surface area contributed by atoms with Crippen LogP contribution in [0.5, 0.6) is 0 Å². The van der Waals surface area contributed by atoms with Gasteiger partial charge in [0.1, 0.15) is 5.82 Å². The van der Waals surface area contributed by atoms with Crippen LogP contribution in [0.2, 0.25) is 0 Å². The molecule has 29 heavy (non-hydrogen) atoms. The zero-order valence-electron chi connectivity index (χ0n) is 18.6. The summed E-state index contributed by atoms with van der Waals surface area (Å²) in [4.78, 5) is 13.9. The number of nitrogens with one attached hydrogen (secondary N) is 2. The molecule has 0 amide bonds. The lowest BCUT2D eigenvalue weighted by Crippen LogP contribution is -2.47. The van der Waals surface area contributed by atoms with Crippen molar-refractivity contribution in [2.75, 3.05) is 51.7 Å². The van der Waals surface area contributed by atoms with Gasteiger partial charge in [0.05, 0.1) is 0 Å². The average molecular weight is 515 g/mol. The molecule has 3 rings (SSSR count). The molecular formula is C22H39IN6. The normalized spacial score (nSPS) is 19.5. The van der Waals surface area contributed by atoms with Crippen LogP contribution in [0.15, 0.2) is 23.3 Å². The molecule has 0 aromatic carbocycles. The molecule has 0 spiro atoms. The second-order valence-electron chi connectivity index (χ2n) is 9.01. The third kappa shape index (κ3) is 6.70. The summed E-state index contributed by atoms with van der Waals surface area (Å²) in [5.74, 6) is 2.75. The SMILES string of the molecule is CN=C(NCc1cccnc1N1CCN(C)CC1)NCC1(CC(C)C)CCC1.I. The van der Waals surface area contributed by atoms with Crippen molar-refractivity contribution in [1.29, 1.82) is 0 Å². The molecule has 1 aliphatic heterocycles. The molecular weight excluding hydrogens is 475 g/mol. The predicted molar refractivity (Wildman–Crippen MR) is 133 cm³/mol. The maximum Gasteiger partial charge on any atom is 0.191 e. The Kier molecular flexibility index (Phi) is 9.46. The number of pyridine rings is 1. The fourth-order valence-electron chi connectivity index (χ4n) is 4.54. The summed E-state index contributed by atoms with van der Waals surface area (Å²) in [5, 5.41) is 7.10. The molecule has 2 aliphatic rings. The van der Waals surface area contributed by atoms with Crippen LogP contribution < -0.4 is 15.5 Å². The molecule has 2 N–H and O–H groups in total. The van der Waals surface area contributed by atoms with Gasteiger partial charge in [-0.1, -0.05) is 26.3 Å². The van der Waals surface area contributed by atoms with Crippen molar-refractivity contribution >= 4 is 35.8 Å². The highest BCUT2D eigenvalue weighted by Gasteiger charge is 2.37. The summed E-state index contributed by atoms with van der Waals surface area (Å²) in [7, 11) is 4.04. The highest BCUT2D eigenvalue weighted by molar-refractivity contribution is 14.0. The van der Waals surface area contributed by atoms with Crippen LogP contribution in [0.25, 0.3) is 0 Å². The third-order valence-electron chi connectivity index (χ3n) is 6.23. The zero-order chi connectivity index (χ0) is 20.0. The summed E-state index contributed by atoms with van der Waals surface area (Å²) in [6.45, 7) is 10.7. The van der Waals surface area contributed by atoms with E-state index in [2.05, 4.69) is 57.4 Å². The number of hydrogen-bond donors (Lipinski definition) is 2. The van der Waals surface area contributed by atoms with E-state index in [1.54, 1.807) is 0 Å². The van der Waals surface area contributed by atoms with Crippen molar-refractivity contribution in [2.45, 2.75) is 46.1 Å². The Morgan fingerprint density at radius 1 is 1.21 bits per heavy atom. The number of piperazine rings is 1. The molecule has 0 unspecified atom stereocenters. The molecule has 7 heteroatoms. The molecule has 6 nitrogen and oxygen atoms in total. The Hall–Kier alpha value is -1.09. The number of aliphatic imine (C=N–C) groups is 1. The fraction of sp³-hybridized carbons (Fsp3) is 0.727. The van der Waals surface area contributed by atoms with Crippen LogP contribution in [-0.4, -0.2) is 62.7 Å². The van der Waals surface area contributed by atoms with Gasteiger partial charge in [-0.25, -0.2) is 4.98 Å². The number of nitrogens with zero attached hydrogens (tertiary/aromatic N) is 4. The Morgan fingerprint density at radius 3 is 2.52 bits per heavy atom. The second-order valence-corrected chi connectivity index (χ2v) is 9.01. The quantitative estimate of drug-likeness (QED) is 0.332. The van der Waals surface area contributed by atoms with Crippen molar-refractivity contribution in [3.63, 3.8) is 0 Å². The molecule has 2 fully saturated rings. The highest BCUT2D eigenvalue weighted by Crippen LogP contribution is 2.45. The topological polar surface area (TPSA) is 55.8 Å². The lowest BCUT2D eigenvalue weighted by atomic mass is 9.64. The minimum atomic E-state index is 0. The largest absolute Gasteiger partial charge is 0.356 e. The van der Waals surface area contributed by atoms with Gasteiger partial charge in [-0.05, 0) is 43.7 Å². The van der Waals surface area contributed by atoms with Crippen LogP contribution in [0.4, 0.5) is 5.82 Å². The summed E-state index contributed by atoms with van der Waals surface area (Å²) in [5.41, 5.74) is 1.70. The summed E-state index contributed by atoms with van der Waals surface area (Å²) >= 11 is 0. The van der Waals surface area contributed by atoms with E-state index in [-0.39, 0.29) is 24.0 Å². The monoisotopic (exact) mass is 514 g/mol. The average Bonchev–Trinajstić information content (AvgIpc) is 2.66. The van der Waals surface area contributed by atoms with Gasteiger partial charge in [0.15, 0.2) is 5.96 Å². The van der Waals surface area contributed by atoms with Crippen LogP contribution in [-0.2, 0) is 6.54 Å². The molecule has 2 heterocycles. The van der Waals surface area contributed by atoms with E-state index < -0.39 is 0 Å². The maximum atomic E-state index is 4.68. The van der Waals surface area contributed by atoms with Gasteiger partial charge in [0.25, 0.3) is 0 Å². The zero-order valence-corrected chi connectivity index (χ0v) is 20.9. The molecule has 1 aromatic heterocycles. The number of guanidine groups is 1. The van der Waals surface area contributed by atoms with Gasteiger partial charge in [-0.2, -0.15) is 0 Å². The predicted octanol–water partition coefficient (Wildman–Crippen LogP) is 3.33. The van der Waals surface area contributed by atoms with E-state index in [4.69, 9.17) is 0 Å². The van der Waals surface area contributed by atoms with Gasteiger partial charge < -0.3 is 20.4 Å². The standard InChI is InChI=1S/C22H38N6.HI/c1-18(2)15-22(8-6-9-22)17-26-21(23-3)25-16-19-7-5-10-24-20(19)28-13-11-27(4)12-14-28;/h5,7,10,18H,6,8-9,11-17H2,1-4H3,(H2,23,25,26);1H. The molecule has 1 aliphatic carbocycles. The van der Waals surface area contributed by atoms with Crippen molar-refractivity contribution in [3.05, 3.63) is 23.9 Å². The highest BCUT2D eigenvalue weighted by atomic mass is 127. The third-order valence-corrected chi connectivity index (χ3v) is 6.23. The van der Waals surface area contributed by atoms with Gasteiger partial charge in [-0.3, -0.25) is 4.99 Å². The van der Waals surface area contributed by atoms with Crippen molar-refractivity contribution in [1.82, 2.24) is 20.5 Å². The van der Waals surface area contributed by atoms with Crippen molar-refractivity contribution in [3.8, 4) is 0 Å². The van der Waals surface area contributed by atoms with Gasteiger partial charge in [-0.15, -0.1) is 24.0 Å². The summed E-state index contributed by atoms with van der Waals surface area (Å²) in [6, 6.07) is 4.20. The first kappa shape index (κ1) is 24.2. The van der Waals surface area contributed by atoms with Crippen molar-refractivity contribution in [2.24, 2.45) is 16.3 Å². The maximum absolute atomic E-state index is 4.68. The van der Waals surface area contributed by atoms with E-state index in [1.165, 1.54) is 31.2 Å². The first-order chi connectivity index (χ1) is 13.5. The number of rotatable bonds is 7. The van der Waals surface area contributed by atoms with Gasteiger partial charge >= 0.3 is 0 Å². The minimum Gasteiger partial charge on any atom is -0.356 e. The number of hydrogen-bond acceptors (Lipinski definition) is 4. The van der Waals surface area contributed by atoms with E-state index in [0.717, 1.165) is 57.0 Å². The molecule has 0 atom stereocenters. The Bertz CT molecular complexity index is 650. The van der Waals surface area contributed by atoms with Crippen LogP contribution in [0.3, 0.4) is 0 Å². The van der Waals surface area contributed by atoms with Crippen molar-refractivity contribution < 1.29 is 0 Å². The Morgan fingerprint density at radius 2 is 1.93 bits per heavy atom.